The molecule has 1 saturated heterocycles. The van der Waals surface area contributed by atoms with Crippen molar-refractivity contribution in [3.05, 3.63) is 24.3 Å². The monoisotopic (exact) mass is 286 g/mol. The topological polar surface area (TPSA) is 58.2 Å². The van der Waals surface area contributed by atoms with Crippen molar-refractivity contribution in [3.8, 4) is 0 Å². The molecule has 0 atom stereocenters. The molecule has 1 heterocycles. The lowest BCUT2D eigenvalue weighted by Crippen LogP contribution is -2.24. The fourth-order valence-electron chi connectivity index (χ4n) is 1.96. The van der Waals surface area contributed by atoms with Crippen molar-refractivity contribution >= 4 is 33.2 Å². The maximum Gasteiger partial charge on any atom is 0.229 e. The molecule has 0 unspecified atom stereocenters. The molecule has 100 valence electrons. The van der Waals surface area contributed by atoms with Gasteiger partial charge in [-0.2, -0.15) is 11.8 Å². The van der Waals surface area contributed by atoms with Crippen LogP contribution in [0.5, 0.6) is 0 Å². The van der Waals surface area contributed by atoms with E-state index < -0.39 is 10.0 Å². The second-order valence-corrected chi connectivity index (χ2v) is 7.46. The molecule has 1 fully saturated rings. The summed E-state index contributed by atoms with van der Waals surface area (Å²) in [5.41, 5.74) is 1.58. The van der Waals surface area contributed by atoms with Crippen LogP contribution < -0.4 is 10.0 Å². The minimum Gasteiger partial charge on any atom is -0.382 e. The second kappa shape index (κ2) is 5.84. The van der Waals surface area contributed by atoms with Gasteiger partial charge < -0.3 is 5.32 Å². The molecule has 1 aromatic rings. The van der Waals surface area contributed by atoms with Gasteiger partial charge in [-0.05, 0) is 42.5 Å². The molecule has 4 nitrogen and oxygen atoms in total. The van der Waals surface area contributed by atoms with Gasteiger partial charge in [0.1, 0.15) is 0 Å². The Balaban J connectivity index is 2.02. The zero-order valence-corrected chi connectivity index (χ0v) is 12.0. The first kappa shape index (κ1) is 13.5. The first-order chi connectivity index (χ1) is 8.53. The molecule has 0 aromatic heterocycles. The highest BCUT2D eigenvalue weighted by Gasteiger charge is 2.13. The average molecular weight is 286 g/mol. The molecular formula is C12H18N2O2S2. The summed E-state index contributed by atoms with van der Waals surface area (Å²) in [5.74, 6) is 2.39. The lowest BCUT2D eigenvalue weighted by Gasteiger charge is -2.23. The van der Waals surface area contributed by atoms with Gasteiger partial charge in [-0.15, -0.1) is 0 Å². The van der Waals surface area contributed by atoms with Crippen LogP contribution in [0.15, 0.2) is 24.3 Å². The summed E-state index contributed by atoms with van der Waals surface area (Å²) in [5, 5.41) is 3.46. The maximum atomic E-state index is 11.2. The standard InChI is InChI=1S/C12H18N2O2S2/c1-18(15,16)14-12-4-2-3-11(9-12)13-10-5-7-17-8-6-10/h2-4,9-10,13-14H,5-8H2,1H3. The minimum atomic E-state index is -3.21. The van der Waals surface area contributed by atoms with Crippen molar-refractivity contribution in [3.63, 3.8) is 0 Å². The number of anilines is 2. The Hall–Kier alpha value is -0.880. The molecule has 2 N–H and O–H groups in total. The van der Waals surface area contributed by atoms with Gasteiger partial charge in [0, 0.05) is 11.7 Å². The van der Waals surface area contributed by atoms with Crippen molar-refractivity contribution in [2.24, 2.45) is 0 Å². The van der Waals surface area contributed by atoms with Gasteiger partial charge in [-0.1, -0.05) is 6.07 Å². The zero-order chi connectivity index (χ0) is 13.0. The van der Waals surface area contributed by atoms with E-state index in [1.165, 1.54) is 11.5 Å². The van der Waals surface area contributed by atoms with Crippen molar-refractivity contribution in [2.45, 2.75) is 18.9 Å². The lowest BCUT2D eigenvalue weighted by atomic mass is 10.1. The van der Waals surface area contributed by atoms with Crippen LogP contribution in [0.25, 0.3) is 0 Å². The highest BCUT2D eigenvalue weighted by Crippen LogP contribution is 2.22. The number of nitrogens with one attached hydrogen (secondary N) is 2. The number of benzene rings is 1. The van der Waals surface area contributed by atoms with Gasteiger partial charge in [0.2, 0.25) is 10.0 Å². The van der Waals surface area contributed by atoms with Crippen molar-refractivity contribution in [1.82, 2.24) is 0 Å². The van der Waals surface area contributed by atoms with E-state index in [1.54, 1.807) is 6.07 Å². The van der Waals surface area contributed by atoms with Crippen LogP contribution in [-0.2, 0) is 10.0 Å². The first-order valence-corrected chi connectivity index (χ1v) is 9.00. The molecule has 0 amide bonds. The Morgan fingerprint density at radius 3 is 2.56 bits per heavy atom. The van der Waals surface area contributed by atoms with Crippen LogP contribution >= 0.6 is 11.8 Å². The smallest absolute Gasteiger partial charge is 0.229 e. The summed E-state index contributed by atoms with van der Waals surface area (Å²) in [6.07, 6.45) is 3.48. The number of rotatable bonds is 4. The van der Waals surface area contributed by atoms with E-state index in [0.717, 1.165) is 24.8 Å². The third-order valence-electron chi connectivity index (χ3n) is 2.76. The summed E-state index contributed by atoms with van der Waals surface area (Å²) >= 11 is 1.99. The zero-order valence-electron chi connectivity index (χ0n) is 10.3. The van der Waals surface area contributed by atoms with E-state index in [9.17, 15) is 8.42 Å². The van der Waals surface area contributed by atoms with Gasteiger partial charge >= 0.3 is 0 Å². The van der Waals surface area contributed by atoms with Crippen molar-refractivity contribution in [1.29, 1.82) is 0 Å². The number of hydrogen-bond acceptors (Lipinski definition) is 4. The number of hydrogen-bond donors (Lipinski definition) is 2. The van der Waals surface area contributed by atoms with Gasteiger partial charge in [0.15, 0.2) is 0 Å². The Kier molecular flexibility index (Phi) is 4.40. The highest BCUT2D eigenvalue weighted by molar-refractivity contribution is 7.99. The molecular weight excluding hydrogens is 268 g/mol. The summed E-state index contributed by atoms with van der Waals surface area (Å²) in [7, 11) is -3.21. The van der Waals surface area contributed by atoms with Crippen molar-refractivity contribution in [2.75, 3.05) is 27.8 Å². The fourth-order valence-corrected chi connectivity index (χ4v) is 3.63. The van der Waals surface area contributed by atoms with Gasteiger partial charge in [0.05, 0.1) is 11.9 Å². The maximum absolute atomic E-state index is 11.2. The molecule has 0 saturated carbocycles. The Labute approximate surface area is 113 Å². The largest absolute Gasteiger partial charge is 0.382 e. The van der Waals surface area contributed by atoms with Crippen molar-refractivity contribution < 1.29 is 8.42 Å². The van der Waals surface area contributed by atoms with Crippen LogP contribution in [0.1, 0.15) is 12.8 Å². The molecule has 6 heteroatoms. The van der Waals surface area contributed by atoms with E-state index in [-0.39, 0.29) is 0 Å². The van der Waals surface area contributed by atoms with Gasteiger partial charge in [-0.25, -0.2) is 8.42 Å². The SMILES string of the molecule is CS(=O)(=O)Nc1cccc(NC2CCSCC2)c1. The summed E-state index contributed by atoms with van der Waals surface area (Å²) < 4.78 is 24.8. The number of sulfonamides is 1. The molecule has 2 rings (SSSR count). The molecule has 0 bridgehead atoms. The Morgan fingerprint density at radius 2 is 1.89 bits per heavy atom. The predicted molar refractivity (Wildman–Crippen MR) is 78.9 cm³/mol. The summed E-state index contributed by atoms with van der Waals surface area (Å²) in [6.45, 7) is 0. The van der Waals surface area contributed by atoms with E-state index >= 15 is 0 Å². The Morgan fingerprint density at radius 1 is 1.22 bits per heavy atom. The normalized spacial score (nSPS) is 17.4. The second-order valence-electron chi connectivity index (χ2n) is 4.49. The van der Waals surface area contributed by atoms with E-state index in [0.29, 0.717) is 11.7 Å². The molecule has 0 aliphatic carbocycles. The molecule has 0 spiro atoms. The lowest BCUT2D eigenvalue weighted by molar-refractivity contribution is 0.607. The number of thioether (sulfide) groups is 1. The molecule has 18 heavy (non-hydrogen) atoms. The highest BCUT2D eigenvalue weighted by atomic mass is 32.2. The molecule has 1 aliphatic heterocycles. The van der Waals surface area contributed by atoms with Crippen LogP contribution in [0.3, 0.4) is 0 Å². The molecule has 1 aromatic carbocycles. The predicted octanol–water partition coefficient (Wildman–Crippen LogP) is 2.37. The third kappa shape index (κ3) is 4.42. The average Bonchev–Trinajstić information content (AvgIpc) is 2.28. The van der Waals surface area contributed by atoms with E-state index in [4.69, 9.17) is 0 Å². The third-order valence-corrected chi connectivity index (χ3v) is 4.41. The molecule has 0 radical (unpaired) electrons. The molecule has 1 aliphatic rings. The summed E-state index contributed by atoms with van der Waals surface area (Å²) in [6, 6.07) is 7.91. The first-order valence-electron chi connectivity index (χ1n) is 5.95. The van der Waals surface area contributed by atoms with E-state index in [1.807, 2.05) is 30.0 Å². The van der Waals surface area contributed by atoms with Crippen LogP contribution in [0, 0.1) is 0 Å². The Bertz CT molecular complexity index is 497. The van der Waals surface area contributed by atoms with Gasteiger partial charge in [0.25, 0.3) is 0 Å². The quantitative estimate of drug-likeness (QED) is 0.892. The van der Waals surface area contributed by atoms with Crippen LogP contribution in [0.4, 0.5) is 11.4 Å². The summed E-state index contributed by atoms with van der Waals surface area (Å²) in [4.78, 5) is 0. The minimum absolute atomic E-state index is 0.500. The van der Waals surface area contributed by atoms with Crippen LogP contribution in [0.2, 0.25) is 0 Å². The van der Waals surface area contributed by atoms with Crippen LogP contribution in [-0.4, -0.2) is 32.2 Å². The van der Waals surface area contributed by atoms with Gasteiger partial charge in [-0.3, -0.25) is 4.72 Å². The fraction of sp³-hybridized carbons (Fsp3) is 0.500. The van der Waals surface area contributed by atoms with E-state index in [2.05, 4.69) is 10.0 Å².